The molecule has 2 aromatic carbocycles. The molecule has 1 aliphatic rings. The van der Waals surface area contributed by atoms with Crippen molar-refractivity contribution < 1.29 is 22.4 Å². The molecule has 0 spiro atoms. The van der Waals surface area contributed by atoms with Crippen molar-refractivity contribution in [3.05, 3.63) is 64.4 Å². The van der Waals surface area contributed by atoms with Gasteiger partial charge in [0.2, 0.25) is 21.8 Å². The maximum Gasteiger partial charge on any atom is 0.242 e. The molecule has 1 fully saturated rings. The van der Waals surface area contributed by atoms with Crippen LogP contribution >= 0.6 is 15.9 Å². The second-order valence-corrected chi connectivity index (χ2v) is 12.1. The third-order valence-corrected chi connectivity index (χ3v) is 8.12. The van der Waals surface area contributed by atoms with Crippen molar-refractivity contribution in [3.8, 4) is 0 Å². The zero-order valence-electron chi connectivity index (χ0n) is 20.6. The average Bonchev–Trinajstić information content (AvgIpc) is 3.34. The van der Waals surface area contributed by atoms with Gasteiger partial charge in [-0.05, 0) is 68.1 Å². The molecule has 1 aliphatic carbocycles. The van der Waals surface area contributed by atoms with Crippen LogP contribution in [0.4, 0.5) is 10.1 Å². The first-order valence-electron chi connectivity index (χ1n) is 12.1. The molecule has 0 saturated heterocycles. The first-order chi connectivity index (χ1) is 17.0. The van der Waals surface area contributed by atoms with Gasteiger partial charge in [0.1, 0.15) is 11.9 Å². The van der Waals surface area contributed by atoms with Gasteiger partial charge in [-0.1, -0.05) is 40.9 Å². The van der Waals surface area contributed by atoms with Crippen LogP contribution in [0.1, 0.15) is 51.0 Å². The Kier molecular flexibility index (Phi) is 9.90. The van der Waals surface area contributed by atoms with Crippen molar-refractivity contribution >= 4 is 43.5 Å². The number of sulfonamides is 1. The minimum absolute atomic E-state index is 0.0603. The maximum absolute atomic E-state index is 13.3. The Bertz CT molecular complexity index is 1140. The highest BCUT2D eigenvalue weighted by molar-refractivity contribution is 9.10. The van der Waals surface area contributed by atoms with Crippen molar-refractivity contribution in [3.63, 3.8) is 0 Å². The molecular weight excluding hydrogens is 549 g/mol. The molecule has 7 nitrogen and oxygen atoms in total. The molecular formula is C26H33BrFN3O4S. The molecule has 10 heteroatoms. The Morgan fingerprint density at radius 3 is 2.28 bits per heavy atom. The first kappa shape index (κ1) is 28.1. The van der Waals surface area contributed by atoms with Gasteiger partial charge < -0.3 is 10.2 Å². The largest absolute Gasteiger partial charge is 0.352 e. The van der Waals surface area contributed by atoms with Crippen LogP contribution in [-0.4, -0.2) is 50.0 Å². The predicted octanol–water partition coefficient (Wildman–Crippen LogP) is 4.61. The van der Waals surface area contributed by atoms with Crippen molar-refractivity contribution in [2.75, 3.05) is 17.1 Å². The fourth-order valence-corrected chi connectivity index (χ4v) is 5.60. The SMILES string of the molecule is C[C@@H](C(=O)NC1CCCC1)N(Cc1ccc(Br)cc1)C(=O)CCCN(c1ccc(F)cc1)S(C)(=O)=O. The van der Waals surface area contributed by atoms with Crippen LogP contribution in [0.5, 0.6) is 0 Å². The molecule has 0 radical (unpaired) electrons. The summed E-state index contributed by atoms with van der Waals surface area (Å²) in [5.41, 5.74) is 1.22. The molecule has 0 unspecified atom stereocenters. The zero-order valence-corrected chi connectivity index (χ0v) is 23.0. The van der Waals surface area contributed by atoms with Crippen LogP contribution in [0.3, 0.4) is 0 Å². The summed E-state index contributed by atoms with van der Waals surface area (Å²) < 4.78 is 40.1. The Hall–Kier alpha value is -2.46. The molecule has 1 saturated carbocycles. The van der Waals surface area contributed by atoms with Crippen molar-refractivity contribution in [1.82, 2.24) is 10.2 Å². The molecule has 1 N–H and O–H groups in total. The summed E-state index contributed by atoms with van der Waals surface area (Å²) in [6.07, 6.45) is 5.46. The number of anilines is 1. The number of halogens is 2. The molecule has 0 heterocycles. The highest BCUT2D eigenvalue weighted by Crippen LogP contribution is 2.21. The van der Waals surface area contributed by atoms with E-state index >= 15 is 0 Å². The van der Waals surface area contributed by atoms with Crippen molar-refractivity contribution in [2.24, 2.45) is 0 Å². The third-order valence-electron chi connectivity index (χ3n) is 6.40. The average molecular weight is 583 g/mol. The van der Waals surface area contributed by atoms with E-state index in [1.54, 1.807) is 11.8 Å². The Labute approximate surface area is 221 Å². The van der Waals surface area contributed by atoms with Gasteiger partial charge in [-0.25, -0.2) is 12.8 Å². The lowest BCUT2D eigenvalue weighted by Gasteiger charge is -2.30. The predicted molar refractivity (Wildman–Crippen MR) is 142 cm³/mol. The number of rotatable bonds is 11. The van der Waals surface area contributed by atoms with Gasteiger partial charge in [-0.3, -0.25) is 13.9 Å². The van der Waals surface area contributed by atoms with E-state index in [0.29, 0.717) is 5.69 Å². The number of nitrogens with zero attached hydrogens (tertiary/aromatic N) is 2. The van der Waals surface area contributed by atoms with E-state index in [0.717, 1.165) is 46.3 Å². The van der Waals surface area contributed by atoms with Crippen LogP contribution in [0.25, 0.3) is 0 Å². The molecule has 36 heavy (non-hydrogen) atoms. The van der Waals surface area contributed by atoms with E-state index in [1.807, 2.05) is 24.3 Å². The summed E-state index contributed by atoms with van der Waals surface area (Å²) in [6, 6.07) is 12.2. The second kappa shape index (κ2) is 12.7. The molecule has 3 rings (SSSR count). The number of benzene rings is 2. The summed E-state index contributed by atoms with van der Waals surface area (Å²) in [5, 5.41) is 3.07. The van der Waals surface area contributed by atoms with E-state index in [9.17, 15) is 22.4 Å². The molecule has 2 aromatic rings. The number of amides is 2. The van der Waals surface area contributed by atoms with Gasteiger partial charge in [-0.2, -0.15) is 0 Å². The van der Waals surface area contributed by atoms with Gasteiger partial charge in [-0.15, -0.1) is 0 Å². The maximum atomic E-state index is 13.3. The van der Waals surface area contributed by atoms with Gasteiger partial charge in [0.05, 0.1) is 11.9 Å². The van der Waals surface area contributed by atoms with E-state index in [2.05, 4.69) is 21.2 Å². The zero-order chi connectivity index (χ0) is 26.3. The van der Waals surface area contributed by atoms with E-state index in [-0.39, 0.29) is 43.8 Å². The van der Waals surface area contributed by atoms with Crippen LogP contribution in [-0.2, 0) is 26.2 Å². The normalized spacial score (nSPS) is 14.9. The first-order valence-corrected chi connectivity index (χ1v) is 14.8. The van der Waals surface area contributed by atoms with Gasteiger partial charge >= 0.3 is 0 Å². The molecule has 196 valence electrons. The summed E-state index contributed by atoms with van der Waals surface area (Å²) in [7, 11) is -3.63. The number of nitrogens with one attached hydrogen (secondary N) is 1. The van der Waals surface area contributed by atoms with E-state index < -0.39 is 21.9 Å². The summed E-state index contributed by atoms with van der Waals surface area (Å²) in [4.78, 5) is 27.9. The number of carbonyl (C=O) groups excluding carboxylic acids is 2. The number of carbonyl (C=O) groups is 2. The summed E-state index contributed by atoms with van der Waals surface area (Å²) >= 11 is 3.41. The van der Waals surface area contributed by atoms with Crippen LogP contribution < -0.4 is 9.62 Å². The van der Waals surface area contributed by atoms with Crippen LogP contribution in [0.2, 0.25) is 0 Å². The highest BCUT2D eigenvalue weighted by Gasteiger charge is 2.28. The highest BCUT2D eigenvalue weighted by atomic mass is 79.9. The topological polar surface area (TPSA) is 86.8 Å². The van der Waals surface area contributed by atoms with Gasteiger partial charge in [0.25, 0.3) is 0 Å². The van der Waals surface area contributed by atoms with Gasteiger partial charge in [0.15, 0.2) is 0 Å². The molecule has 0 bridgehead atoms. The summed E-state index contributed by atoms with van der Waals surface area (Å²) in [6.45, 7) is 2.05. The lowest BCUT2D eigenvalue weighted by molar-refractivity contribution is -0.141. The fraction of sp³-hybridized carbons (Fsp3) is 0.462. The third kappa shape index (κ3) is 8.03. The lowest BCUT2D eigenvalue weighted by atomic mass is 10.1. The molecule has 1 atom stereocenters. The number of hydrogen-bond donors (Lipinski definition) is 1. The fourth-order valence-electron chi connectivity index (χ4n) is 4.37. The van der Waals surface area contributed by atoms with Crippen LogP contribution in [0.15, 0.2) is 53.0 Å². The molecule has 0 aromatic heterocycles. The summed E-state index contributed by atoms with van der Waals surface area (Å²) in [5.74, 6) is -0.883. The standard InChI is InChI=1S/C26H33BrFN3O4S/c1-19(26(33)29-23-6-3-4-7-23)30(18-20-9-11-21(27)12-10-20)25(32)8-5-17-31(36(2,34)35)24-15-13-22(28)14-16-24/h9-16,19,23H,3-8,17-18H2,1-2H3,(H,29,33)/t19-/m0/s1. The Morgan fingerprint density at radius 2 is 1.69 bits per heavy atom. The van der Waals surface area contributed by atoms with Gasteiger partial charge in [0, 0.05) is 30.0 Å². The van der Waals surface area contributed by atoms with Crippen molar-refractivity contribution in [1.29, 1.82) is 0 Å². The van der Waals surface area contributed by atoms with Crippen molar-refractivity contribution in [2.45, 2.75) is 64.1 Å². The number of hydrogen-bond acceptors (Lipinski definition) is 4. The Balaban J connectivity index is 1.70. The minimum Gasteiger partial charge on any atom is -0.352 e. The molecule has 2 amide bonds. The lowest BCUT2D eigenvalue weighted by Crippen LogP contribution is -2.49. The quantitative estimate of drug-likeness (QED) is 0.420. The smallest absolute Gasteiger partial charge is 0.242 e. The Morgan fingerprint density at radius 1 is 1.08 bits per heavy atom. The van der Waals surface area contributed by atoms with E-state index in [4.69, 9.17) is 0 Å². The second-order valence-electron chi connectivity index (χ2n) is 9.23. The van der Waals surface area contributed by atoms with E-state index in [1.165, 1.54) is 24.3 Å². The monoisotopic (exact) mass is 581 g/mol. The molecule has 0 aliphatic heterocycles. The van der Waals surface area contributed by atoms with Crippen LogP contribution in [0, 0.1) is 5.82 Å². The minimum atomic E-state index is -3.63.